The summed E-state index contributed by atoms with van der Waals surface area (Å²) >= 11 is 0. The predicted octanol–water partition coefficient (Wildman–Crippen LogP) is 0.955. The number of sulfonamides is 1. The Labute approximate surface area is 134 Å². The topological polar surface area (TPSA) is 127 Å². The first kappa shape index (κ1) is 17.4. The Morgan fingerprint density at radius 2 is 1.83 bits per heavy atom. The van der Waals surface area contributed by atoms with Gasteiger partial charge in [-0.3, -0.25) is 9.59 Å². The van der Waals surface area contributed by atoms with Gasteiger partial charge >= 0.3 is 5.97 Å². The van der Waals surface area contributed by atoms with Crippen molar-refractivity contribution in [2.45, 2.75) is 30.6 Å². The number of carbonyl (C=O) groups excluding carboxylic acids is 1. The Morgan fingerprint density at radius 1 is 1.22 bits per heavy atom. The number of nitrogens with one attached hydrogen (secondary N) is 1. The van der Waals surface area contributed by atoms with Crippen LogP contribution >= 0.6 is 0 Å². The van der Waals surface area contributed by atoms with Crippen molar-refractivity contribution in [3.63, 3.8) is 0 Å². The van der Waals surface area contributed by atoms with Crippen molar-refractivity contribution >= 4 is 21.9 Å². The maximum Gasteiger partial charge on any atom is 0.306 e. The number of hydrogen-bond acceptors (Lipinski definition) is 5. The van der Waals surface area contributed by atoms with Crippen LogP contribution in [-0.2, 0) is 14.8 Å². The number of hydrogen-bond donors (Lipinski definition) is 3. The molecule has 0 atom stereocenters. The summed E-state index contributed by atoms with van der Waals surface area (Å²) in [4.78, 5) is 21.6. The highest BCUT2D eigenvalue weighted by atomic mass is 32.2. The quantitative estimate of drug-likeness (QED) is 0.736. The zero-order valence-electron chi connectivity index (χ0n) is 12.6. The molecule has 126 valence electrons. The van der Waals surface area contributed by atoms with Gasteiger partial charge in [0.2, 0.25) is 0 Å². The van der Waals surface area contributed by atoms with Crippen LogP contribution in [0.3, 0.4) is 0 Å². The summed E-state index contributed by atoms with van der Waals surface area (Å²) in [7, 11) is -3.55. The van der Waals surface area contributed by atoms with E-state index in [2.05, 4.69) is 0 Å². The lowest BCUT2D eigenvalue weighted by Gasteiger charge is -2.24. The second kappa shape index (κ2) is 7.10. The molecule has 1 heterocycles. The molecule has 0 radical (unpaired) electrons. The molecule has 2 aliphatic rings. The lowest BCUT2D eigenvalue weighted by molar-refractivity contribution is -0.143. The molecule has 1 aliphatic heterocycles. The molecule has 1 aromatic rings. The minimum absolute atomic E-state index is 0.0648. The molecule has 0 bridgehead atoms. The van der Waals surface area contributed by atoms with Crippen LogP contribution in [0, 0.1) is 11.8 Å². The van der Waals surface area contributed by atoms with Gasteiger partial charge in [0.15, 0.2) is 0 Å². The molecule has 0 aromatic heterocycles. The largest absolute Gasteiger partial charge is 0.481 e. The first-order chi connectivity index (χ1) is 10.8. The zero-order valence-corrected chi connectivity index (χ0v) is 13.4. The van der Waals surface area contributed by atoms with Gasteiger partial charge in [-0.15, -0.1) is 0 Å². The first-order valence-electron chi connectivity index (χ1n) is 7.44. The summed E-state index contributed by atoms with van der Waals surface area (Å²) in [5.41, 5.74) is 5.70. The van der Waals surface area contributed by atoms with E-state index in [4.69, 9.17) is 10.8 Å². The van der Waals surface area contributed by atoms with Crippen molar-refractivity contribution in [1.29, 1.82) is 0 Å². The van der Waals surface area contributed by atoms with Crippen LogP contribution in [0.15, 0.2) is 29.2 Å². The smallest absolute Gasteiger partial charge is 0.306 e. The Morgan fingerprint density at radius 3 is 2.35 bits per heavy atom. The van der Waals surface area contributed by atoms with E-state index in [1.807, 2.05) is 4.72 Å². The number of carboxylic acid groups (broad SMARTS) is 1. The Bertz CT molecular complexity index is 694. The van der Waals surface area contributed by atoms with Crippen LogP contribution in [0.5, 0.6) is 0 Å². The minimum Gasteiger partial charge on any atom is -0.481 e. The second-order valence-electron chi connectivity index (χ2n) is 5.72. The number of amides is 1. The van der Waals surface area contributed by atoms with E-state index in [1.54, 1.807) is 12.1 Å². The number of fused-ring (bicyclic) bond motifs is 1. The molecule has 1 amide bonds. The standard InChI is InChI=1S/C8H15NO2.C7H5NO3S/c9-5-6-1-3-7(4-2-6)8(10)11;9-7-5-3-1-2-4-6(5)12(10,11)8-7/h6-7H,1-5,9H2,(H,10,11);1-4H,(H,8,9). The average Bonchev–Trinajstić information content (AvgIpc) is 2.78. The maximum absolute atomic E-state index is 11.1. The predicted molar refractivity (Wildman–Crippen MR) is 83.2 cm³/mol. The van der Waals surface area contributed by atoms with E-state index >= 15 is 0 Å². The fraction of sp³-hybridized carbons (Fsp3) is 0.467. The van der Waals surface area contributed by atoms with Gasteiger partial charge in [-0.25, -0.2) is 13.1 Å². The third-order valence-corrected chi connectivity index (χ3v) is 5.57. The lowest BCUT2D eigenvalue weighted by Crippen LogP contribution is -2.25. The zero-order chi connectivity index (χ0) is 17.0. The highest BCUT2D eigenvalue weighted by Gasteiger charge is 2.31. The van der Waals surface area contributed by atoms with E-state index < -0.39 is 21.9 Å². The van der Waals surface area contributed by atoms with E-state index in [1.165, 1.54) is 12.1 Å². The van der Waals surface area contributed by atoms with Gasteiger partial charge < -0.3 is 10.8 Å². The van der Waals surface area contributed by atoms with Gasteiger partial charge in [0.1, 0.15) is 4.90 Å². The SMILES string of the molecule is NCC1CCC(C(=O)O)CC1.O=C1NS(=O)(=O)c2ccccc21. The van der Waals surface area contributed by atoms with Gasteiger partial charge in [0.05, 0.1) is 11.5 Å². The van der Waals surface area contributed by atoms with Gasteiger partial charge in [0, 0.05) is 0 Å². The molecule has 3 rings (SSSR count). The maximum atomic E-state index is 11.1. The van der Waals surface area contributed by atoms with Crippen LogP contribution < -0.4 is 10.5 Å². The molecule has 1 saturated carbocycles. The van der Waals surface area contributed by atoms with Crippen molar-refractivity contribution in [1.82, 2.24) is 4.72 Å². The van der Waals surface area contributed by atoms with Gasteiger partial charge in [-0.1, -0.05) is 12.1 Å². The summed E-state index contributed by atoms with van der Waals surface area (Å²) in [6.45, 7) is 0.715. The summed E-state index contributed by atoms with van der Waals surface area (Å²) in [6, 6.07) is 6.09. The molecule has 0 unspecified atom stereocenters. The normalized spacial score (nSPS) is 24.8. The Kier molecular flexibility index (Phi) is 5.38. The minimum atomic E-state index is -3.55. The van der Waals surface area contributed by atoms with Crippen molar-refractivity contribution in [2.24, 2.45) is 17.6 Å². The second-order valence-corrected chi connectivity index (χ2v) is 7.37. The molecule has 8 heteroatoms. The van der Waals surface area contributed by atoms with Crippen molar-refractivity contribution in [3.8, 4) is 0 Å². The monoisotopic (exact) mass is 340 g/mol. The van der Waals surface area contributed by atoms with Crippen LogP contribution in [0.2, 0.25) is 0 Å². The summed E-state index contributed by atoms with van der Waals surface area (Å²) < 4.78 is 24.2. The summed E-state index contributed by atoms with van der Waals surface area (Å²) in [6.07, 6.45) is 3.62. The van der Waals surface area contributed by atoms with Crippen molar-refractivity contribution in [2.75, 3.05) is 6.54 Å². The van der Waals surface area contributed by atoms with Crippen LogP contribution in [0.4, 0.5) is 0 Å². The molecule has 1 aliphatic carbocycles. The Balaban J connectivity index is 0.000000168. The summed E-state index contributed by atoms with van der Waals surface area (Å²) in [5, 5.41) is 8.67. The number of benzene rings is 1. The molecule has 4 N–H and O–H groups in total. The first-order valence-corrected chi connectivity index (χ1v) is 8.92. The molecule has 7 nitrogen and oxygen atoms in total. The van der Waals surface area contributed by atoms with Gasteiger partial charge in [-0.05, 0) is 50.3 Å². The number of carboxylic acids is 1. The number of aliphatic carboxylic acids is 1. The van der Waals surface area contributed by atoms with Crippen LogP contribution in [-0.4, -0.2) is 31.9 Å². The molecule has 23 heavy (non-hydrogen) atoms. The summed E-state index contributed by atoms with van der Waals surface area (Å²) in [5.74, 6) is -0.713. The van der Waals surface area contributed by atoms with Crippen molar-refractivity contribution < 1.29 is 23.1 Å². The third-order valence-electron chi connectivity index (χ3n) is 4.18. The average molecular weight is 340 g/mol. The Hall–Kier alpha value is -1.93. The molecular weight excluding hydrogens is 320 g/mol. The van der Waals surface area contributed by atoms with Crippen molar-refractivity contribution in [3.05, 3.63) is 29.8 Å². The number of nitrogens with two attached hydrogens (primary N) is 1. The third kappa shape index (κ3) is 4.08. The molecule has 0 saturated heterocycles. The van der Waals surface area contributed by atoms with Gasteiger partial charge in [0.25, 0.3) is 15.9 Å². The van der Waals surface area contributed by atoms with E-state index in [9.17, 15) is 18.0 Å². The molecular formula is C15H20N2O5S. The van der Waals surface area contributed by atoms with Crippen LogP contribution in [0.25, 0.3) is 0 Å². The van der Waals surface area contributed by atoms with E-state index in [0.717, 1.165) is 25.7 Å². The van der Waals surface area contributed by atoms with E-state index in [0.29, 0.717) is 12.5 Å². The molecule has 1 aromatic carbocycles. The number of rotatable bonds is 2. The fourth-order valence-electron chi connectivity index (χ4n) is 2.77. The number of carbonyl (C=O) groups is 2. The molecule has 0 spiro atoms. The highest BCUT2D eigenvalue weighted by molar-refractivity contribution is 7.90. The van der Waals surface area contributed by atoms with Crippen LogP contribution in [0.1, 0.15) is 36.0 Å². The molecule has 1 fully saturated rings. The van der Waals surface area contributed by atoms with Gasteiger partial charge in [-0.2, -0.15) is 0 Å². The highest BCUT2D eigenvalue weighted by Crippen LogP contribution is 2.27. The lowest BCUT2D eigenvalue weighted by atomic mass is 9.82. The van der Waals surface area contributed by atoms with E-state index in [-0.39, 0.29) is 16.4 Å². The fourth-order valence-corrected chi connectivity index (χ4v) is 3.94.